The molecule has 0 saturated heterocycles. The molecule has 0 amide bonds. The largest absolute Gasteiger partial charge is 0.204 e. The van der Waals surface area contributed by atoms with Gasteiger partial charge in [0.15, 0.2) is 11.6 Å². The van der Waals surface area contributed by atoms with Crippen LogP contribution < -0.4 is 0 Å². The van der Waals surface area contributed by atoms with Gasteiger partial charge in [-0.05, 0) is 31.4 Å². The molecule has 0 spiro atoms. The molecule has 0 radical (unpaired) electrons. The van der Waals surface area contributed by atoms with E-state index in [2.05, 4.69) is 0 Å². The van der Waals surface area contributed by atoms with Gasteiger partial charge in [-0.25, -0.2) is 8.78 Å². The summed E-state index contributed by atoms with van der Waals surface area (Å²) < 4.78 is 25.7. The van der Waals surface area contributed by atoms with E-state index in [9.17, 15) is 8.78 Å². The van der Waals surface area contributed by atoms with Crippen LogP contribution in [0.1, 0.15) is 18.9 Å². The highest BCUT2D eigenvalue weighted by molar-refractivity contribution is 5.19. The van der Waals surface area contributed by atoms with E-state index in [-0.39, 0.29) is 0 Å². The van der Waals surface area contributed by atoms with E-state index in [1.54, 1.807) is 6.07 Å². The Morgan fingerprint density at radius 1 is 1.31 bits per heavy atom. The van der Waals surface area contributed by atoms with Gasteiger partial charge in [0.25, 0.3) is 0 Å². The van der Waals surface area contributed by atoms with Crippen molar-refractivity contribution in [2.24, 2.45) is 0 Å². The lowest BCUT2D eigenvalue weighted by Gasteiger charge is -2.00. The fourth-order valence-corrected chi connectivity index (χ4v) is 1.15. The van der Waals surface area contributed by atoms with Crippen molar-refractivity contribution in [3.05, 3.63) is 47.5 Å². The molecule has 1 rings (SSSR count). The van der Waals surface area contributed by atoms with Gasteiger partial charge in [0, 0.05) is 0 Å². The molecule has 0 nitrogen and oxygen atoms in total. The predicted molar refractivity (Wildman–Crippen MR) is 49.5 cm³/mol. The highest BCUT2D eigenvalue weighted by Gasteiger charge is 2.05. The summed E-state index contributed by atoms with van der Waals surface area (Å²) in [5, 5.41) is 0. The first-order chi connectivity index (χ1) is 6.25. The molecule has 70 valence electrons. The number of aryl methyl sites for hydroxylation is 1. The number of hydrogen-bond donors (Lipinski definition) is 0. The van der Waals surface area contributed by atoms with Gasteiger partial charge in [0.05, 0.1) is 0 Å². The van der Waals surface area contributed by atoms with E-state index < -0.39 is 11.6 Å². The van der Waals surface area contributed by atoms with Crippen LogP contribution in [0.25, 0.3) is 0 Å². The van der Waals surface area contributed by atoms with Crippen molar-refractivity contribution in [3.63, 3.8) is 0 Å². The SMILES string of the molecule is C/C=C\CCc1cccc(F)c1F. The third kappa shape index (κ3) is 2.65. The summed E-state index contributed by atoms with van der Waals surface area (Å²) in [7, 11) is 0. The monoisotopic (exact) mass is 182 g/mol. The molecule has 0 aromatic heterocycles. The van der Waals surface area contributed by atoms with Crippen molar-refractivity contribution in [2.75, 3.05) is 0 Å². The number of rotatable bonds is 3. The normalized spacial score (nSPS) is 11.0. The van der Waals surface area contributed by atoms with Crippen molar-refractivity contribution >= 4 is 0 Å². The summed E-state index contributed by atoms with van der Waals surface area (Å²) in [6.45, 7) is 1.90. The maximum absolute atomic E-state index is 13.0. The average molecular weight is 182 g/mol. The first-order valence-corrected chi connectivity index (χ1v) is 4.29. The lowest BCUT2D eigenvalue weighted by Crippen LogP contribution is -1.92. The number of benzene rings is 1. The first-order valence-electron chi connectivity index (χ1n) is 4.29. The zero-order chi connectivity index (χ0) is 9.68. The molecule has 0 aliphatic rings. The molecule has 0 N–H and O–H groups in total. The Morgan fingerprint density at radius 2 is 2.08 bits per heavy atom. The lowest BCUT2D eigenvalue weighted by atomic mass is 10.1. The third-order valence-electron chi connectivity index (χ3n) is 1.85. The van der Waals surface area contributed by atoms with Crippen LogP contribution in [0.3, 0.4) is 0 Å². The molecule has 0 saturated carbocycles. The van der Waals surface area contributed by atoms with Gasteiger partial charge in [0.1, 0.15) is 0 Å². The van der Waals surface area contributed by atoms with Crippen molar-refractivity contribution in [1.29, 1.82) is 0 Å². The molecule has 2 heteroatoms. The molecule has 0 aliphatic carbocycles. The van der Waals surface area contributed by atoms with E-state index in [4.69, 9.17) is 0 Å². The van der Waals surface area contributed by atoms with Crippen molar-refractivity contribution in [1.82, 2.24) is 0 Å². The third-order valence-corrected chi connectivity index (χ3v) is 1.85. The van der Waals surface area contributed by atoms with Gasteiger partial charge in [-0.2, -0.15) is 0 Å². The van der Waals surface area contributed by atoms with Crippen LogP contribution in [0.4, 0.5) is 8.78 Å². The summed E-state index contributed by atoms with van der Waals surface area (Å²) >= 11 is 0. The Balaban J connectivity index is 2.71. The Labute approximate surface area is 76.9 Å². The second kappa shape index (κ2) is 4.75. The van der Waals surface area contributed by atoms with Gasteiger partial charge in [-0.15, -0.1) is 0 Å². The average Bonchev–Trinajstić information content (AvgIpc) is 2.13. The molecule has 0 atom stereocenters. The first kappa shape index (κ1) is 9.90. The minimum absolute atomic E-state index is 0.443. The minimum atomic E-state index is -0.766. The van der Waals surface area contributed by atoms with Gasteiger partial charge in [-0.3, -0.25) is 0 Å². The summed E-state index contributed by atoms with van der Waals surface area (Å²) in [5.41, 5.74) is 0.443. The maximum atomic E-state index is 13.0. The van der Waals surface area contributed by atoms with Gasteiger partial charge in [-0.1, -0.05) is 24.3 Å². The predicted octanol–water partition coefficient (Wildman–Crippen LogP) is 3.47. The van der Waals surface area contributed by atoms with Gasteiger partial charge in [0.2, 0.25) is 0 Å². The quantitative estimate of drug-likeness (QED) is 0.628. The maximum Gasteiger partial charge on any atom is 0.162 e. The van der Waals surface area contributed by atoms with Crippen molar-refractivity contribution < 1.29 is 8.78 Å². The molecule has 0 unspecified atom stereocenters. The Bertz CT molecular complexity index is 303. The molecule has 13 heavy (non-hydrogen) atoms. The molecule has 0 heterocycles. The van der Waals surface area contributed by atoms with Crippen molar-refractivity contribution in [3.8, 4) is 0 Å². The number of hydrogen-bond acceptors (Lipinski definition) is 0. The van der Waals surface area contributed by atoms with Crippen LogP contribution in [0.15, 0.2) is 30.4 Å². The molecule has 0 aliphatic heterocycles. The Kier molecular flexibility index (Phi) is 3.62. The smallest absolute Gasteiger partial charge is 0.162 e. The molecular formula is C11H12F2. The highest BCUT2D eigenvalue weighted by Crippen LogP contribution is 2.13. The number of allylic oxidation sites excluding steroid dienone is 2. The molecule has 0 fully saturated rings. The summed E-state index contributed by atoms with van der Waals surface area (Å²) in [5.74, 6) is -1.48. The Morgan fingerprint density at radius 3 is 2.77 bits per heavy atom. The van der Waals surface area contributed by atoms with Crippen LogP contribution in [-0.4, -0.2) is 0 Å². The second-order valence-electron chi connectivity index (χ2n) is 2.82. The topological polar surface area (TPSA) is 0 Å². The Hall–Kier alpha value is -1.18. The van der Waals surface area contributed by atoms with Crippen LogP contribution in [0.5, 0.6) is 0 Å². The van der Waals surface area contributed by atoms with Crippen LogP contribution in [0.2, 0.25) is 0 Å². The fourth-order valence-electron chi connectivity index (χ4n) is 1.15. The van der Waals surface area contributed by atoms with Crippen molar-refractivity contribution in [2.45, 2.75) is 19.8 Å². The second-order valence-corrected chi connectivity index (χ2v) is 2.82. The van der Waals surface area contributed by atoms with Crippen LogP contribution in [0, 0.1) is 11.6 Å². The van der Waals surface area contributed by atoms with Gasteiger partial charge >= 0.3 is 0 Å². The highest BCUT2D eigenvalue weighted by atomic mass is 19.2. The van der Waals surface area contributed by atoms with Crippen LogP contribution >= 0.6 is 0 Å². The molecule has 1 aromatic rings. The molecular weight excluding hydrogens is 170 g/mol. The van der Waals surface area contributed by atoms with E-state index in [0.717, 1.165) is 12.5 Å². The molecule has 1 aromatic carbocycles. The van der Waals surface area contributed by atoms with Gasteiger partial charge < -0.3 is 0 Å². The van der Waals surface area contributed by atoms with E-state index in [1.807, 2.05) is 19.1 Å². The summed E-state index contributed by atoms with van der Waals surface area (Å²) in [4.78, 5) is 0. The lowest BCUT2D eigenvalue weighted by molar-refractivity contribution is 0.499. The van der Waals surface area contributed by atoms with E-state index >= 15 is 0 Å². The fraction of sp³-hybridized carbons (Fsp3) is 0.273. The zero-order valence-electron chi connectivity index (χ0n) is 7.56. The summed E-state index contributed by atoms with van der Waals surface area (Å²) in [6, 6.07) is 4.28. The standard InChI is InChI=1S/C11H12F2/c1-2-3-4-6-9-7-5-8-10(12)11(9)13/h2-3,5,7-8H,4,6H2,1H3/b3-2-. The van der Waals surface area contributed by atoms with E-state index in [1.165, 1.54) is 6.07 Å². The summed E-state index contributed by atoms with van der Waals surface area (Å²) in [6.07, 6.45) is 5.13. The number of halogens is 2. The van der Waals surface area contributed by atoms with E-state index in [0.29, 0.717) is 12.0 Å². The zero-order valence-corrected chi connectivity index (χ0v) is 7.56. The minimum Gasteiger partial charge on any atom is -0.204 e. The van der Waals surface area contributed by atoms with Crippen LogP contribution in [-0.2, 0) is 6.42 Å². The molecule has 0 bridgehead atoms.